The molecular weight excluding hydrogens is 469 g/mol. The number of halogens is 2. The number of fused-ring (bicyclic) bond motifs is 3. The molecule has 4 aromatic carbocycles. The Bertz CT molecular complexity index is 1620. The fourth-order valence-corrected chi connectivity index (χ4v) is 4.90. The maximum absolute atomic E-state index is 12.2. The summed E-state index contributed by atoms with van der Waals surface area (Å²) < 4.78 is 2.03. The summed E-state index contributed by atoms with van der Waals surface area (Å²) in [6.45, 7) is 0.354. The van der Waals surface area contributed by atoms with E-state index in [2.05, 4.69) is 6.07 Å². The van der Waals surface area contributed by atoms with Crippen LogP contribution in [-0.4, -0.2) is 16.4 Å². The first-order valence-corrected chi connectivity index (χ1v) is 11.2. The molecule has 0 bridgehead atoms. The number of hydrogen-bond donors (Lipinski definition) is 2. The van der Waals surface area contributed by atoms with Crippen molar-refractivity contribution < 1.29 is 9.59 Å². The molecule has 1 heterocycles. The quantitative estimate of drug-likeness (QED) is 0.327. The number of carbonyl (C=O) groups excluding carboxylic acids is 2. The average molecular weight is 487 g/mol. The van der Waals surface area contributed by atoms with Gasteiger partial charge < -0.3 is 16.0 Å². The Morgan fingerprint density at radius 3 is 2.32 bits per heavy atom. The Morgan fingerprint density at radius 1 is 0.853 bits per heavy atom. The maximum Gasteiger partial charge on any atom is 0.249 e. The van der Waals surface area contributed by atoms with E-state index >= 15 is 0 Å². The lowest BCUT2D eigenvalue weighted by Gasteiger charge is -2.12. The van der Waals surface area contributed by atoms with Gasteiger partial charge in [0, 0.05) is 44.1 Å². The molecule has 167 valence electrons. The zero-order valence-corrected chi connectivity index (χ0v) is 19.3. The molecule has 0 atom stereocenters. The Labute approximate surface area is 205 Å². The molecule has 5 nitrogen and oxygen atoms in total. The highest BCUT2D eigenvalue weighted by molar-refractivity contribution is 6.36. The lowest BCUT2D eigenvalue weighted by Crippen LogP contribution is -2.15. The fraction of sp³-hybridized carbons (Fsp3) is 0.0370. The van der Waals surface area contributed by atoms with Gasteiger partial charge in [0.25, 0.3) is 0 Å². The van der Waals surface area contributed by atoms with E-state index in [0.717, 1.165) is 33.1 Å². The van der Waals surface area contributed by atoms with E-state index < -0.39 is 11.8 Å². The summed E-state index contributed by atoms with van der Waals surface area (Å²) in [6.07, 6.45) is 0. The Hall–Kier alpha value is -3.80. The predicted octanol–water partition coefficient (Wildman–Crippen LogP) is 5.81. The van der Waals surface area contributed by atoms with Crippen molar-refractivity contribution in [3.8, 4) is 11.1 Å². The minimum absolute atomic E-state index is 0.354. The molecular formula is C27H18Cl2N3O2. The van der Waals surface area contributed by atoms with Crippen LogP contribution < -0.4 is 11.5 Å². The van der Waals surface area contributed by atoms with Crippen LogP contribution in [0.15, 0.2) is 72.8 Å². The van der Waals surface area contributed by atoms with Crippen molar-refractivity contribution in [2.24, 2.45) is 11.5 Å². The molecule has 0 fully saturated rings. The number of nitrogens with two attached hydrogens (primary N) is 2. The Kier molecular flexibility index (Phi) is 5.52. The van der Waals surface area contributed by atoms with Crippen molar-refractivity contribution in [3.05, 3.63) is 106 Å². The summed E-state index contributed by atoms with van der Waals surface area (Å²) in [5.41, 5.74) is 16.2. The minimum atomic E-state index is -0.527. The molecule has 5 aromatic rings. The van der Waals surface area contributed by atoms with Crippen molar-refractivity contribution >= 4 is 56.8 Å². The molecule has 0 saturated carbocycles. The van der Waals surface area contributed by atoms with Crippen molar-refractivity contribution in [3.63, 3.8) is 0 Å². The molecule has 4 N–H and O–H groups in total. The molecule has 34 heavy (non-hydrogen) atoms. The molecule has 0 aliphatic heterocycles. The van der Waals surface area contributed by atoms with E-state index in [1.165, 1.54) is 0 Å². The summed E-state index contributed by atoms with van der Waals surface area (Å²) in [7, 11) is 0. The van der Waals surface area contributed by atoms with Gasteiger partial charge in [0.2, 0.25) is 11.8 Å². The van der Waals surface area contributed by atoms with Gasteiger partial charge in [0.1, 0.15) is 0 Å². The van der Waals surface area contributed by atoms with Crippen LogP contribution in [0.25, 0.3) is 32.9 Å². The van der Waals surface area contributed by atoms with Gasteiger partial charge in [0.05, 0.1) is 11.0 Å². The zero-order chi connectivity index (χ0) is 24.0. The molecule has 1 radical (unpaired) electrons. The second-order valence-electron chi connectivity index (χ2n) is 7.94. The Balaban J connectivity index is 1.82. The number of benzene rings is 4. The van der Waals surface area contributed by atoms with Crippen molar-refractivity contribution in [2.75, 3.05) is 0 Å². The van der Waals surface area contributed by atoms with Crippen LogP contribution in [0.5, 0.6) is 0 Å². The molecule has 0 spiro atoms. The molecule has 0 aliphatic carbocycles. The zero-order valence-electron chi connectivity index (χ0n) is 17.8. The number of hydrogen-bond acceptors (Lipinski definition) is 2. The van der Waals surface area contributed by atoms with Gasteiger partial charge in [-0.05, 0) is 59.7 Å². The minimum Gasteiger partial charge on any atom is -0.366 e. The van der Waals surface area contributed by atoms with E-state index in [9.17, 15) is 9.59 Å². The summed E-state index contributed by atoms with van der Waals surface area (Å²) in [5, 5.41) is 2.51. The van der Waals surface area contributed by atoms with Crippen molar-refractivity contribution in [1.29, 1.82) is 0 Å². The van der Waals surface area contributed by atoms with Crippen LogP contribution in [-0.2, 0) is 6.54 Å². The lowest BCUT2D eigenvalue weighted by molar-refractivity contribution is 0.0992. The van der Waals surface area contributed by atoms with Crippen LogP contribution >= 0.6 is 23.2 Å². The highest BCUT2D eigenvalue weighted by Gasteiger charge is 2.19. The van der Waals surface area contributed by atoms with Gasteiger partial charge in [-0.1, -0.05) is 53.5 Å². The number of carbonyl (C=O) groups is 2. The molecule has 0 saturated heterocycles. The largest absolute Gasteiger partial charge is 0.366 e. The van der Waals surface area contributed by atoms with Crippen LogP contribution in [0.4, 0.5) is 0 Å². The average Bonchev–Trinajstić information content (AvgIpc) is 3.12. The molecule has 0 unspecified atom stereocenters. The van der Waals surface area contributed by atoms with E-state index in [-0.39, 0.29) is 0 Å². The first kappa shape index (κ1) is 22.0. The summed E-state index contributed by atoms with van der Waals surface area (Å²) in [5.74, 6) is -1.03. The van der Waals surface area contributed by atoms with Crippen LogP contribution in [0.3, 0.4) is 0 Å². The van der Waals surface area contributed by atoms with Gasteiger partial charge in [-0.2, -0.15) is 0 Å². The third kappa shape index (κ3) is 3.69. The second kappa shape index (κ2) is 8.52. The smallest absolute Gasteiger partial charge is 0.249 e. The Morgan fingerprint density at radius 2 is 1.59 bits per heavy atom. The fourth-order valence-electron chi connectivity index (χ4n) is 4.38. The predicted molar refractivity (Wildman–Crippen MR) is 136 cm³/mol. The third-order valence-electron chi connectivity index (χ3n) is 5.91. The third-order valence-corrected chi connectivity index (χ3v) is 6.46. The number of rotatable bonds is 5. The van der Waals surface area contributed by atoms with Crippen LogP contribution in [0.1, 0.15) is 26.3 Å². The summed E-state index contributed by atoms with van der Waals surface area (Å²) >= 11 is 12.5. The lowest BCUT2D eigenvalue weighted by atomic mass is 10.0. The highest BCUT2D eigenvalue weighted by atomic mass is 35.5. The molecule has 2 amide bonds. The first-order valence-electron chi connectivity index (χ1n) is 10.4. The number of primary amides is 2. The van der Waals surface area contributed by atoms with Gasteiger partial charge in [-0.3, -0.25) is 9.59 Å². The number of nitrogens with zero attached hydrogens (tertiary/aromatic N) is 1. The monoisotopic (exact) mass is 486 g/mol. The topological polar surface area (TPSA) is 91.1 Å². The van der Waals surface area contributed by atoms with Gasteiger partial charge in [-0.15, -0.1) is 0 Å². The van der Waals surface area contributed by atoms with Crippen molar-refractivity contribution in [2.45, 2.75) is 6.54 Å². The SMILES string of the molecule is NC(=O)c1ccccc1Cn1c2cc(-c3ccc(Cl)cc3Cl)c[c]c2c2c(C(N)=O)cccc21. The first-order chi connectivity index (χ1) is 16.3. The van der Waals surface area contributed by atoms with E-state index in [1.54, 1.807) is 36.4 Å². The highest BCUT2D eigenvalue weighted by Crippen LogP contribution is 2.37. The molecule has 1 aromatic heterocycles. The molecule has 7 heteroatoms. The second-order valence-corrected chi connectivity index (χ2v) is 8.79. The van der Waals surface area contributed by atoms with E-state index in [4.69, 9.17) is 34.7 Å². The van der Waals surface area contributed by atoms with Gasteiger partial charge >= 0.3 is 0 Å². The van der Waals surface area contributed by atoms with E-state index in [1.807, 2.05) is 41.0 Å². The summed E-state index contributed by atoms with van der Waals surface area (Å²) in [4.78, 5) is 24.3. The summed E-state index contributed by atoms with van der Waals surface area (Å²) in [6, 6.07) is 25.0. The standard InChI is InChI=1S/C27H18Cl2N3O2/c28-17-9-11-18(22(29)13-17)15-8-10-20-24(12-15)32(14-16-4-1-2-5-19(16)26(30)33)23-7-3-6-21(25(20)23)27(31)34/h1-9,11-13H,14H2,(H2,30,33)(H2,31,34). The number of amides is 2. The normalized spacial score (nSPS) is 11.2. The van der Waals surface area contributed by atoms with Gasteiger partial charge in [0.15, 0.2) is 0 Å². The van der Waals surface area contributed by atoms with E-state index in [0.29, 0.717) is 33.1 Å². The number of aromatic nitrogens is 1. The maximum atomic E-state index is 12.2. The van der Waals surface area contributed by atoms with Gasteiger partial charge in [-0.25, -0.2) is 0 Å². The van der Waals surface area contributed by atoms with Crippen LogP contribution in [0.2, 0.25) is 10.0 Å². The molecule has 5 rings (SSSR count). The molecule has 0 aliphatic rings. The van der Waals surface area contributed by atoms with Crippen LogP contribution in [0, 0.1) is 6.07 Å². The van der Waals surface area contributed by atoms with Crippen molar-refractivity contribution in [1.82, 2.24) is 4.57 Å².